The third-order valence-electron chi connectivity index (χ3n) is 3.79. The van der Waals surface area contributed by atoms with Crippen molar-refractivity contribution >= 4 is 11.6 Å². The van der Waals surface area contributed by atoms with Gasteiger partial charge in [-0.3, -0.25) is 4.79 Å². The highest BCUT2D eigenvalue weighted by Crippen LogP contribution is 2.19. The molecule has 0 heterocycles. The number of hydrogen-bond acceptors (Lipinski definition) is 2. The van der Waals surface area contributed by atoms with Crippen molar-refractivity contribution in [2.75, 3.05) is 5.32 Å². The molecule has 0 aliphatic rings. The first-order valence-corrected chi connectivity index (χ1v) is 7.96. The average Bonchev–Trinajstić information content (AvgIpc) is 2.64. The van der Waals surface area contributed by atoms with Crippen LogP contribution in [-0.2, 0) is 6.61 Å². The van der Waals surface area contributed by atoms with Crippen LogP contribution in [0.25, 0.3) is 0 Å². The second-order valence-electron chi connectivity index (χ2n) is 5.72. The van der Waals surface area contributed by atoms with E-state index in [1.54, 1.807) is 30.3 Å². The Labute approximate surface area is 146 Å². The summed E-state index contributed by atoms with van der Waals surface area (Å²) < 4.78 is 19.1. The number of benzene rings is 3. The predicted molar refractivity (Wildman–Crippen MR) is 96.3 cm³/mol. The largest absolute Gasteiger partial charge is 0.489 e. The highest BCUT2D eigenvalue weighted by atomic mass is 19.1. The first kappa shape index (κ1) is 16.7. The molecule has 3 aromatic carbocycles. The Hall–Kier alpha value is -3.14. The minimum Gasteiger partial charge on any atom is -0.489 e. The Morgan fingerprint density at radius 3 is 2.60 bits per heavy atom. The lowest BCUT2D eigenvalue weighted by Gasteiger charge is -2.10. The van der Waals surface area contributed by atoms with Gasteiger partial charge in [-0.2, -0.15) is 0 Å². The van der Waals surface area contributed by atoms with Gasteiger partial charge >= 0.3 is 0 Å². The molecule has 0 aliphatic heterocycles. The lowest BCUT2D eigenvalue weighted by atomic mass is 10.1. The summed E-state index contributed by atoms with van der Waals surface area (Å²) in [7, 11) is 0. The Morgan fingerprint density at radius 1 is 1.00 bits per heavy atom. The summed E-state index contributed by atoms with van der Waals surface area (Å²) in [6, 6.07) is 21.0. The van der Waals surface area contributed by atoms with Crippen molar-refractivity contribution in [3.8, 4) is 5.75 Å². The maximum Gasteiger partial charge on any atom is 0.255 e. The lowest BCUT2D eigenvalue weighted by molar-refractivity contribution is 0.102. The normalized spacial score (nSPS) is 10.3. The van der Waals surface area contributed by atoms with E-state index < -0.39 is 0 Å². The number of halogens is 1. The molecule has 0 bridgehead atoms. The van der Waals surface area contributed by atoms with Gasteiger partial charge in [-0.1, -0.05) is 42.5 Å². The molecular weight excluding hydrogens is 317 g/mol. The van der Waals surface area contributed by atoms with E-state index in [0.717, 1.165) is 11.1 Å². The number of aryl methyl sites for hydroxylation is 1. The number of carbonyl (C=O) groups is 1. The maximum absolute atomic E-state index is 13.4. The van der Waals surface area contributed by atoms with Gasteiger partial charge in [0.15, 0.2) is 0 Å². The third kappa shape index (κ3) is 4.44. The zero-order chi connectivity index (χ0) is 17.6. The van der Waals surface area contributed by atoms with Crippen LogP contribution in [0.3, 0.4) is 0 Å². The van der Waals surface area contributed by atoms with E-state index in [1.165, 1.54) is 12.1 Å². The molecular formula is C21H18FNO2. The van der Waals surface area contributed by atoms with Crippen molar-refractivity contribution in [2.24, 2.45) is 0 Å². The second-order valence-corrected chi connectivity index (χ2v) is 5.72. The summed E-state index contributed by atoms with van der Waals surface area (Å²) in [5, 5.41) is 2.73. The fraction of sp³-hybridized carbons (Fsp3) is 0.0952. The molecule has 3 rings (SSSR count). The van der Waals surface area contributed by atoms with Gasteiger partial charge in [0.05, 0.1) is 0 Å². The van der Waals surface area contributed by atoms with Gasteiger partial charge in [0, 0.05) is 11.3 Å². The number of ether oxygens (including phenoxy) is 1. The molecule has 3 nitrogen and oxygen atoms in total. The minimum absolute atomic E-state index is 0.307. The van der Waals surface area contributed by atoms with E-state index in [2.05, 4.69) is 5.32 Å². The predicted octanol–water partition coefficient (Wildman–Crippen LogP) is 4.97. The molecule has 3 aromatic rings. The van der Waals surface area contributed by atoms with Crippen LogP contribution in [0.1, 0.15) is 21.5 Å². The molecule has 0 saturated heterocycles. The van der Waals surface area contributed by atoms with Crippen molar-refractivity contribution in [1.29, 1.82) is 0 Å². The molecule has 0 aromatic heterocycles. The zero-order valence-corrected chi connectivity index (χ0v) is 13.8. The summed E-state index contributed by atoms with van der Waals surface area (Å²) in [6.07, 6.45) is 0. The summed E-state index contributed by atoms with van der Waals surface area (Å²) >= 11 is 0. The Balaban J connectivity index is 1.70. The average molecular weight is 335 g/mol. The van der Waals surface area contributed by atoms with Crippen LogP contribution in [0.2, 0.25) is 0 Å². The number of anilines is 1. The highest BCUT2D eigenvalue weighted by Gasteiger charge is 2.09. The molecule has 0 saturated carbocycles. The molecule has 0 aliphatic carbocycles. The van der Waals surface area contributed by atoms with Crippen molar-refractivity contribution in [1.82, 2.24) is 0 Å². The van der Waals surface area contributed by atoms with E-state index in [1.807, 2.05) is 37.3 Å². The van der Waals surface area contributed by atoms with Crippen LogP contribution in [0, 0.1) is 12.7 Å². The number of nitrogens with one attached hydrogen (secondary N) is 1. The summed E-state index contributed by atoms with van der Waals surface area (Å²) in [4.78, 5) is 12.4. The van der Waals surface area contributed by atoms with E-state index in [4.69, 9.17) is 4.74 Å². The van der Waals surface area contributed by atoms with Gasteiger partial charge in [0.25, 0.3) is 5.91 Å². The summed E-state index contributed by atoms with van der Waals surface area (Å²) in [5.74, 6) is -0.0906. The SMILES string of the molecule is Cc1ccc(F)cc1NC(=O)c1cccc(OCc2ccccc2)c1. The van der Waals surface area contributed by atoms with E-state index in [9.17, 15) is 9.18 Å². The third-order valence-corrected chi connectivity index (χ3v) is 3.79. The van der Waals surface area contributed by atoms with Gasteiger partial charge in [-0.25, -0.2) is 4.39 Å². The van der Waals surface area contributed by atoms with Gasteiger partial charge in [-0.05, 0) is 48.4 Å². The molecule has 0 spiro atoms. The molecule has 25 heavy (non-hydrogen) atoms. The zero-order valence-electron chi connectivity index (χ0n) is 13.8. The Bertz CT molecular complexity index is 878. The van der Waals surface area contributed by atoms with Crippen LogP contribution < -0.4 is 10.1 Å². The molecule has 0 fully saturated rings. The van der Waals surface area contributed by atoms with Crippen molar-refractivity contribution in [3.63, 3.8) is 0 Å². The van der Waals surface area contributed by atoms with Crippen molar-refractivity contribution < 1.29 is 13.9 Å². The van der Waals surface area contributed by atoms with Gasteiger partial charge < -0.3 is 10.1 Å². The molecule has 4 heteroatoms. The smallest absolute Gasteiger partial charge is 0.255 e. The van der Waals surface area contributed by atoms with E-state index >= 15 is 0 Å². The second kappa shape index (κ2) is 7.62. The minimum atomic E-state index is -0.388. The fourth-order valence-electron chi connectivity index (χ4n) is 2.39. The quantitative estimate of drug-likeness (QED) is 0.715. The van der Waals surface area contributed by atoms with Crippen molar-refractivity contribution in [2.45, 2.75) is 13.5 Å². The highest BCUT2D eigenvalue weighted by molar-refractivity contribution is 6.04. The first-order chi connectivity index (χ1) is 12.1. The number of amides is 1. The van der Waals surface area contributed by atoms with E-state index in [-0.39, 0.29) is 11.7 Å². The lowest BCUT2D eigenvalue weighted by Crippen LogP contribution is -2.13. The molecule has 0 atom stereocenters. The first-order valence-electron chi connectivity index (χ1n) is 7.96. The van der Waals surface area contributed by atoms with Crippen LogP contribution in [0.15, 0.2) is 72.8 Å². The molecule has 1 N–H and O–H groups in total. The van der Waals surface area contributed by atoms with Gasteiger partial charge in [0.1, 0.15) is 18.2 Å². The number of carbonyl (C=O) groups excluding carboxylic acids is 1. The molecule has 126 valence electrons. The summed E-state index contributed by atoms with van der Waals surface area (Å²) in [5.41, 5.74) is 2.76. The fourth-order valence-corrected chi connectivity index (χ4v) is 2.39. The van der Waals surface area contributed by atoms with Crippen LogP contribution in [-0.4, -0.2) is 5.91 Å². The molecule has 0 unspecified atom stereocenters. The van der Waals surface area contributed by atoms with Crippen LogP contribution in [0.4, 0.5) is 10.1 Å². The Kier molecular flexibility index (Phi) is 5.09. The van der Waals surface area contributed by atoms with E-state index in [0.29, 0.717) is 23.6 Å². The van der Waals surface area contributed by atoms with Crippen molar-refractivity contribution in [3.05, 3.63) is 95.3 Å². The summed E-state index contributed by atoms with van der Waals surface area (Å²) in [6.45, 7) is 2.24. The molecule has 1 amide bonds. The molecule has 0 radical (unpaired) electrons. The maximum atomic E-state index is 13.4. The van der Waals surface area contributed by atoms with Gasteiger partial charge in [0.2, 0.25) is 0 Å². The topological polar surface area (TPSA) is 38.3 Å². The number of rotatable bonds is 5. The van der Waals surface area contributed by atoms with Gasteiger partial charge in [-0.15, -0.1) is 0 Å². The standard InChI is InChI=1S/C21H18FNO2/c1-15-10-11-18(22)13-20(15)23-21(24)17-8-5-9-19(12-17)25-14-16-6-3-2-4-7-16/h2-13H,14H2,1H3,(H,23,24). The Morgan fingerprint density at radius 2 is 1.80 bits per heavy atom. The monoisotopic (exact) mass is 335 g/mol. The van der Waals surface area contributed by atoms with Crippen LogP contribution in [0.5, 0.6) is 5.75 Å². The van der Waals surface area contributed by atoms with Crippen LogP contribution >= 0.6 is 0 Å². The number of hydrogen-bond donors (Lipinski definition) is 1.